The van der Waals surface area contributed by atoms with Gasteiger partial charge in [-0.3, -0.25) is 4.79 Å². The minimum absolute atomic E-state index is 0.0403. The molecule has 0 aromatic heterocycles. The van der Waals surface area contributed by atoms with Crippen LogP contribution >= 0.6 is 11.6 Å². The smallest absolute Gasteiger partial charge is 0.246 e. The Balaban J connectivity index is 1.62. The predicted molar refractivity (Wildman–Crippen MR) is 119 cm³/mol. The van der Waals surface area contributed by atoms with E-state index >= 15 is 0 Å². The van der Waals surface area contributed by atoms with Gasteiger partial charge in [0.1, 0.15) is 16.4 Å². The van der Waals surface area contributed by atoms with E-state index in [1.165, 1.54) is 23.5 Å². The van der Waals surface area contributed by atoms with Gasteiger partial charge in [0.25, 0.3) is 0 Å². The number of hydrogen-bond donors (Lipinski definition) is 1. The summed E-state index contributed by atoms with van der Waals surface area (Å²) in [7, 11) is -0.743. The van der Waals surface area contributed by atoms with Gasteiger partial charge in [-0.1, -0.05) is 23.7 Å². The quantitative estimate of drug-likeness (QED) is 0.673. The highest BCUT2D eigenvalue weighted by molar-refractivity contribution is 7.89. The minimum Gasteiger partial charge on any atom is -0.497 e. The fraction of sp³-hybridized carbons (Fsp3) is 0.409. The van der Waals surface area contributed by atoms with Crippen molar-refractivity contribution >= 4 is 27.5 Å². The molecule has 0 spiro atoms. The molecule has 3 rings (SSSR count). The molecule has 1 amide bonds. The van der Waals surface area contributed by atoms with Crippen LogP contribution in [-0.2, 0) is 14.8 Å². The molecule has 0 unspecified atom stereocenters. The van der Waals surface area contributed by atoms with Crippen LogP contribution in [0.15, 0.2) is 47.4 Å². The number of carbonyl (C=O) groups excluding carboxylic acids is 1. The standard InChI is InChI=1S/C22H27ClN2O5S/c1-15(16-4-7-19(29-2)8-5-16)24-22(26)17-10-12-25(13-11-17)31(27,28)21-14-18(23)6-9-20(21)30-3/h4-9,14-15,17H,10-13H2,1-3H3,(H,24,26)/t15-/m0/s1. The lowest BCUT2D eigenvalue weighted by molar-refractivity contribution is -0.126. The maximum absolute atomic E-state index is 13.1. The first-order valence-electron chi connectivity index (χ1n) is 10.0. The van der Waals surface area contributed by atoms with E-state index in [9.17, 15) is 13.2 Å². The normalized spacial score (nSPS) is 16.5. The molecule has 0 aliphatic carbocycles. The molecule has 1 fully saturated rings. The van der Waals surface area contributed by atoms with Crippen LogP contribution in [0.25, 0.3) is 0 Å². The van der Waals surface area contributed by atoms with Crippen molar-refractivity contribution in [2.45, 2.75) is 30.7 Å². The second-order valence-corrected chi connectivity index (χ2v) is 9.82. The lowest BCUT2D eigenvalue weighted by atomic mass is 9.96. The molecular weight excluding hydrogens is 440 g/mol. The Kier molecular flexibility index (Phi) is 7.46. The van der Waals surface area contributed by atoms with E-state index in [0.29, 0.717) is 17.9 Å². The summed E-state index contributed by atoms with van der Waals surface area (Å²) in [6.07, 6.45) is 0.895. The largest absolute Gasteiger partial charge is 0.497 e. The van der Waals surface area contributed by atoms with Crippen molar-refractivity contribution in [2.75, 3.05) is 27.3 Å². The zero-order chi connectivity index (χ0) is 22.6. The van der Waals surface area contributed by atoms with E-state index in [2.05, 4.69) is 5.32 Å². The molecule has 2 aromatic carbocycles. The third-order valence-electron chi connectivity index (χ3n) is 5.54. The number of amides is 1. The summed E-state index contributed by atoms with van der Waals surface area (Å²) >= 11 is 6.00. The van der Waals surface area contributed by atoms with E-state index in [4.69, 9.17) is 21.1 Å². The zero-order valence-corrected chi connectivity index (χ0v) is 19.4. The summed E-state index contributed by atoms with van der Waals surface area (Å²) in [5.41, 5.74) is 0.974. The highest BCUT2D eigenvalue weighted by Gasteiger charge is 2.34. The molecule has 0 radical (unpaired) electrons. The van der Waals surface area contributed by atoms with E-state index in [1.807, 2.05) is 31.2 Å². The number of piperidine rings is 1. The SMILES string of the molecule is COc1ccc([C@H](C)NC(=O)C2CCN(S(=O)(=O)c3cc(Cl)ccc3OC)CC2)cc1. The maximum atomic E-state index is 13.1. The van der Waals surface area contributed by atoms with Crippen molar-refractivity contribution in [1.82, 2.24) is 9.62 Å². The van der Waals surface area contributed by atoms with Crippen molar-refractivity contribution in [3.05, 3.63) is 53.1 Å². The summed E-state index contributed by atoms with van der Waals surface area (Å²) in [4.78, 5) is 12.8. The Morgan fingerprint density at radius 2 is 1.74 bits per heavy atom. The second-order valence-electron chi connectivity index (χ2n) is 7.48. The predicted octanol–water partition coefficient (Wildman–Crippen LogP) is 3.64. The summed E-state index contributed by atoms with van der Waals surface area (Å²) < 4.78 is 37.9. The zero-order valence-electron chi connectivity index (χ0n) is 17.8. The van der Waals surface area contributed by atoms with Crippen LogP contribution < -0.4 is 14.8 Å². The molecule has 1 saturated heterocycles. The molecule has 168 valence electrons. The molecule has 1 aliphatic rings. The van der Waals surface area contributed by atoms with Gasteiger partial charge in [0.2, 0.25) is 15.9 Å². The fourth-order valence-corrected chi connectivity index (χ4v) is 5.54. The molecule has 7 nitrogen and oxygen atoms in total. The third-order valence-corrected chi connectivity index (χ3v) is 7.70. The lowest BCUT2D eigenvalue weighted by Crippen LogP contribution is -2.43. The summed E-state index contributed by atoms with van der Waals surface area (Å²) in [5, 5.41) is 3.35. The van der Waals surface area contributed by atoms with Crippen molar-refractivity contribution in [3.63, 3.8) is 0 Å². The average Bonchev–Trinajstić information content (AvgIpc) is 2.79. The molecule has 2 aromatic rings. The molecule has 1 atom stereocenters. The summed E-state index contributed by atoms with van der Waals surface area (Å²) in [6, 6.07) is 11.9. The van der Waals surface area contributed by atoms with Crippen LogP contribution in [-0.4, -0.2) is 45.9 Å². The summed E-state index contributed by atoms with van der Waals surface area (Å²) in [6.45, 7) is 2.44. The maximum Gasteiger partial charge on any atom is 0.246 e. The number of sulfonamides is 1. The van der Waals surface area contributed by atoms with Gasteiger partial charge in [-0.15, -0.1) is 0 Å². The molecule has 1 aliphatic heterocycles. The number of halogens is 1. The molecule has 9 heteroatoms. The van der Waals surface area contributed by atoms with Gasteiger partial charge in [-0.05, 0) is 55.7 Å². The number of hydrogen-bond acceptors (Lipinski definition) is 5. The van der Waals surface area contributed by atoms with Crippen molar-refractivity contribution < 1.29 is 22.7 Å². The van der Waals surface area contributed by atoms with E-state index in [0.717, 1.165) is 11.3 Å². The Morgan fingerprint density at radius 3 is 2.32 bits per heavy atom. The first-order valence-corrected chi connectivity index (χ1v) is 11.9. The molecule has 31 heavy (non-hydrogen) atoms. The van der Waals surface area contributed by atoms with Crippen LogP contribution in [0.2, 0.25) is 5.02 Å². The number of rotatable bonds is 7. The van der Waals surface area contributed by atoms with Crippen molar-refractivity contribution in [2.24, 2.45) is 5.92 Å². The van der Waals surface area contributed by atoms with Crippen LogP contribution in [0, 0.1) is 5.92 Å². The first-order chi connectivity index (χ1) is 14.8. The van der Waals surface area contributed by atoms with Crippen LogP contribution in [0.3, 0.4) is 0 Å². The highest BCUT2D eigenvalue weighted by atomic mass is 35.5. The second kappa shape index (κ2) is 9.89. The van der Waals surface area contributed by atoms with Gasteiger partial charge in [-0.2, -0.15) is 4.31 Å². The van der Waals surface area contributed by atoms with E-state index in [-0.39, 0.29) is 41.6 Å². The fourth-order valence-electron chi connectivity index (χ4n) is 3.66. The monoisotopic (exact) mass is 466 g/mol. The summed E-state index contributed by atoms with van der Waals surface area (Å²) in [5.74, 6) is 0.693. The van der Waals surface area contributed by atoms with Gasteiger partial charge in [0, 0.05) is 24.0 Å². The number of carbonyl (C=O) groups is 1. The number of benzene rings is 2. The average molecular weight is 467 g/mol. The first kappa shape index (κ1) is 23.4. The van der Waals surface area contributed by atoms with Gasteiger partial charge in [0.05, 0.1) is 20.3 Å². The van der Waals surface area contributed by atoms with Crippen molar-refractivity contribution in [1.29, 1.82) is 0 Å². The minimum atomic E-state index is -3.77. The lowest BCUT2D eigenvalue weighted by Gasteiger charge is -2.31. The molecule has 0 saturated carbocycles. The Hall–Kier alpha value is -2.29. The molecular formula is C22H27ClN2O5S. The number of methoxy groups -OCH3 is 2. The Labute approximate surface area is 188 Å². The number of ether oxygens (including phenoxy) is 2. The number of nitrogens with one attached hydrogen (secondary N) is 1. The van der Waals surface area contributed by atoms with Gasteiger partial charge in [-0.25, -0.2) is 8.42 Å². The molecule has 1 heterocycles. The van der Waals surface area contributed by atoms with Crippen LogP contribution in [0.5, 0.6) is 11.5 Å². The third kappa shape index (κ3) is 5.31. The Morgan fingerprint density at radius 1 is 1.10 bits per heavy atom. The Bertz CT molecular complexity index is 1020. The van der Waals surface area contributed by atoms with Gasteiger partial charge in [0.15, 0.2) is 0 Å². The van der Waals surface area contributed by atoms with Crippen LogP contribution in [0.1, 0.15) is 31.4 Å². The van der Waals surface area contributed by atoms with E-state index < -0.39 is 10.0 Å². The molecule has 1 N–H and O–H groups in total. The van der Waals surface area contributed by atoms with Crippen molar-refractivity contribution in [3.8, 4) is 11.5 Å². The van der Waals surface area contributed by atoms with E-state index in [1.54, 1.807) is 13.2 Å². The highest BCUT2D eigenvalue weighted by Crippen LogP contribution is 2.32. The van der Waals surface area contributed by atoms with Gasteiger partial charge < -0.3 is 14.8 Å². The topological polar surface area (TPSA) is 84.9 Å². The number of nitrogens with zero attached hydrogens (tertiary/aromatic N) is 1. The molecule has 0 bridgehead atoms. The van der Waals surface area contributed by atoms with Crippen LogP contribution in [0.4, 0.5) is 0 Å². The van der Waals surface area contributed by atoms with Gasteiger partial charge >= 0.3 is 0 Å².